The van der Waals surface area contributed by atoms with Crippen molar-refractivity contribution in [2.75, 3.05) is 0 Å². The van der Waals surface area contributed by atoms with E-state index in [2.05, 4.69) is 0 Å². The molecule has 0 unspecified atom stereocenters. The molecule has 0 spiro atoms. The maximum Gasteiger partial charge on any atom is 0.119 e. The molecule has 0 aromatic heterocycles. The molecule has 0 amide bonds. The van der Waals surface area contributed by atoms with E-state index in [0.29, 0.717) is 6.42 Å². The van der Waals surface area contributed by atoms with Crippen molar-refractivity contribution in [1.29, 1.82) is 0 Å². The van der Waals surface area contributed by atoms with Crippen LogP contribution in [0.4, 0.5) is 0 Å². The first-order valence-electron chi connectivity index (χ1n) is 4.68. The van der Waals surface area contributed by atoms with Crippen molar-refractivity contribution in [2.45, 2.75) is 13.3 Å². The zero-order valence-electron chi connectivity index (χ0n) is 8.82. The molecule has 2 aromatic carbocycles. The minimum absolute atomic E-state index is 0. The molecule has 0 saturated carbocycles. The van der Waals surface area contributed by atoms with Gasteiger partial charge in [-0.05, 0) is 0 Å². The smallest absolute Gasteiger partial charge is 0.119 e. The fourth-order valence-electron chi connectivity index (χ4n) is 0.642. The summed E-state index contributed by atoms with van der Waals surface area (Å²) in [7, 11) is 0. The van der Waals surface area contributed by atoms with Crippen LogP contribution in [-0.4, -0.2) is 6.29 Å². The normalized spacial score (nSPS) is 7.00. The van der Waals surface area contributed by atoms with Crippen molar-refractivity contribution in [3.05, 3.63) is 60.7 Å². The summed E-state index contributed by atoms with van der Waals surface area (Å²) in [5.41, 5.74) is 0. The van der Waals surface area contributed by atoms with E-state index >= 15 is 0 Å². The Bertz CT molecular complexity index is 198. The predicted molar refractivity (Wildman–Crippen MR) is 60.4 cm³/mol. The first-order valence-corrected chi connectivity index (χ1v) is 4.68. The number of hydrogen-bond donors (Lipinski definition) is 0. The summed E-state index contributed by atoms with van der Waals surface area (Å²) in [5, 5.41) is 0. The Kier molecular flexibility index (Phi) is 16.7. The zero-order chi connectivity index (χ0) is 10.5. The summed E-state index contributed by atoms with van der Waals surface area (Å²) in [5.74, 6) is 0. The monoisotopic (exact) mass is 244 g/mol. The van der Waals surface area contributed by atoms with Crippen molar-refractivity contribution in [1.82, 2.24) is 0 Å². The molecule has 2 aromatic rings. The van der Waals surface area contributed by atoms with Gasteiger partial charge in [-0.25, -0.2) is 12.1 Å². The number of rotatable bonds is 1. The molecule has 0 saturated heterocycles. The molecular formula is C13H16FeO-6. The van der Waals surface area contributed by atoms with Gasteiger partial charge in [-0.1, -0.05) is 6.92 Å². The van der Waals surface area contributed by atoms with Gasteiger partial charge in [-0.15, -0.1) is 0 Å². The Morgan fingerprint density at radius 1 is 1.00 bits per heavy atom. The van der Waals surface area contributed by atoms with Crippen LogP contribution in [0.15, 0.2) is 60.7 Å². The Balaban J connectivity index is 0. The van der Waals surface area contributed by atoms with E-state index in [1.54, 1.807) is 0 Å². The van der Waals surface area contributed by atoms with Gasteiger partial charge in [0.2, 0.25) is 0 Å². The average molecular weight is 244 g/mol. The van der Waals surface area contributed by atoms with Crippen LogP contribution in [0.5, 0.6) is 0 Å². The van der Waals surface area contributed by atoms with Gasteiger partial charge in [0.15, 0.2) is 0 Å². The standard InChI is InChI=1S/2C5H5.C3H6O.Fe/c2*1-2-4-5-3-1;1-2-3-4;/h2*1-5H;3H,2H2,1H3;/q-5;-1;;. The van der Waals surface area contributed by atoms with Gasteiger partial charge in [0.05, 0.1) is 0 Å². The van der Waals surface area contributed by atoms with Crippen LogP contribution in [-0.2, 0) is 21.9 Å². The molecule has 0 radical (unpaired) electrons. The molecule has 0 atom stereocenters. The van der Waals surface area contributed by atoms with Crippen molar-refractivity contribution in [3.8, 4) is 0 Å². The Labute approximate surface area is 102 Å². The molecule has 88 valence electrons. The molecule has 0 N–H and O–H groups in total. The van der Waals surface area contributed by atoms with E-state index in [1.807, 2.05) is 67.6 Å². The van der Waals surface area contributed by atoms with E-state index in [-0.39, 0.29) is 17.1 Å². The quantitative estimate of drug-likeness (QED) is 0.427. The van der Waals surface area contributed by atoms with Gasteiger partial charge in [0.25, 0.3) is 0 Å². The molecule has 0 fully saturated rings. The summed E-state index contributed by atoms with van der Waals surface area (Å²) in [6, 6.07) is 20.0. The molecule has 1 nitrogen and oxygen atoms in total. The summed E-state index contributed by atoms with van der Waals surface area (Å²) >= 11 is 0. The summed E-state index contributed by atoms with van der Waals surface area (Å²) in [4.78, 5) is 9.17. The van der Waals surface area contributed by atoms with Crippen LogP contribution in [0.25, 0.3) is 0 Å². The second kappa shape index (κ2) is 15.4. The van der Waals surface area contributed by atoms with Gasteiger partial charge in [0, 0.05) is 23.5 Å². The molecule has 0 bridgehead atoms. The second-order valence-corrected chi connectivity index (χ2v) is 2.50. The Morgan fingerprint density at radius 3 is 1.47 bits per heavy atom. The van der Waals surface area contributed by atoms with Crippen LogP contribution in [0, 0.1) is 0 Å². The summed E-state index contributed by atoms with van der Waals surface area (Å²) in [6.45, 7) is 1.81. The Hall–Kier alpha value is -1.11. The van der Waals surface area contributed by atoms with Gasteiger partial charge in [-0.3, -0.25) is 0 Å². The first-order chi connectivity index (χ1) is 6.91. The largest absolute Gasteiger partial charge is 0.748 e. The molecule has 2 rings (SSSR count). The first kappa shape index (κ1) is 16.3. The second-order valence-electron chi connectivity index (χ2n) is 2.50. The third kappa shape index (κ3) is 15.6. The Morgan fingerprint density at radius 2 is 1.33 bits per heavy atom. The number of carbonyl (C=O) groups excluding carboxylic acids is 1. The van der Waals surface area contributed by atoms with Crippen LogP contribution in [0.3, 0.4) is 0 Å². The van der Waals surface area contributed by atoms with E-state index in [9.17, 15) is 4.79 Å². The molecular weight excluding hydrogens is 228 g/mol. The maximum atomic E-state index is 9.17. The third-order valence-electron chi connectivity index (χ3n) is 1.28. The average Bonchev–Trinajstić information content (AvgIpc) is 2.94. The van der Waals surface area contributed by atoms with Crippen molar-refractivity contribution in [3.63, 3.8) is 0 Å². The van der Waals surface area contributed by atoms with E-state index in [1.165, 1.54) is 0 Å². The van der Waals surface area contributed by atoms with Crippen LogP contribution >= 0.6 is 0 Å². The zero-order valence-corrected chi connectivity index (χ0v) is 9.92. The fraction of sp³-hybridized carbons (Fsp3) is 0.154. The van der Waals surface area contributed by atoms with Gasteiger partial charge in [0.1, 0.15) is 6.29 Å². The molecule has 0 aliphatic rings. The van der Waals surface area contributed by atoms with Crippen molar-refractivity contribution >= 4 is 6.29 Å². The van der Waals surface area contributed by atoms with Gasteiger partial charge < -0.3 is 35.1 Å². The fourth-order valence-corrected chi connectivity index (χ4v) is 0.642. The summed E-state index contributed by atoms with van der Waals surface area (Å²) < 4.78 is 0. The molecule has 2 heteroatoms. The predicted octanol–water partition coefficient (Wildman–Crippen LogP) is 3.40. The molecule has 0 aliphatic heterocycles. The topological polar surface area (TPSA) is 17.1 Å². The van der Waals surface area contributed by atoms with Crippen molar-refractivity contribution < 1.29 is 21.9 Å². The van der Waals surface area contributed by atoms with E-state index < -0.39 is 0 Å². The third-order valence-corrected chi connectivity index (χ3v) is 1.28. The molecule has 15 heavy (non-hydrogen) atoms. The number of aldehydes is 1. The summed E-state index contributed by atoms with van der Waals surface area (Å²) in [6.07, 6.45) is 1.51. The van der Waals surface area contributed by atoms with E-state index in [4.69, 9.17) is 0 Å². The van der Waals surface area contributed by atoms with Gasteiger partial charge in [-0.2, -0.15) is 18.2 Å². The van der Waals surface area contributed by atoms with Crippen LogP contribution in [0.1, 0.15) is 13.3 Å². The number of hydrogen-bond acceptors (Lipinski definition) is 1. The van der Waals surface area contributed by atoms with Crippen LogP contribution in [0.2, 0.25) is 0 Å². The minimum Gasteiger partial charge on any atom is -0.748 e. The SMILES string of the molecule is CCC=O.[Fe].[cH-]1[cH-][cH-][cH-][cH-]1.c1cc[cH-]c1. The van der Waals surface area contributed by atoms with Crippen LogP contribution < -0.4 is 0 Å². The van der Waals surface area contributed by atoms with E-state index in [0.717, 1.165) is 6.29 Å². The molecule has 0 aliphatic carbocycles. The van der Waals surface area contributed by atoms with Crippen molar-refractivity contribution in [2.24, 2.45) is 0 Å². The minimum atomic E-state index is 0. The maximum absolute atomic E-state index is 9.17. The molecule has 0 heterocycles. The number of carbonyl (C=O) groups is 1. The van der Waals surface area contributed by atoms with Gasteiger partial charge >= 0.3 is 0 Å².